The fourth-order valence-corrected chi connectivity index (χ4v) is 5.48. The lowest BCUT2D eigenvalue weighted by Gasteiger charge is -2.13. The van der Waals surface area contributed by atoms with Crippen LogP contribution in [0.5, 0.6) is 0 Å². The van der Waals surface area contributed by atoms with Crippen LogP contribution in [0.2, 0.25) is 0 Å². The number of anilines is 1. The minimum atomic E-state index is -0.468. The van der Waals surface area contributed by atoms with Crippen molar-refractivity contribution in [2.24, 2.45) is 0 Å². The molecular formula is C23H27N3O4S. The van der Waals surface area contributed by atoms with Crippen molar-refractivity contribution in [1.82, 2.24) is 9.13 Å². The second kappa shape index (κ2) is 9.20. The van der Waals surface area contributed by atoms with Gasteiger partial charge in [0.2, 0.25) is 5.91 Å². The third-order valence-corrected chi connectivity index (χ3v) is 7.10. The SMILES string of the molecule is CCc1ccc(NC(=O)Cn2c(=O)n(CCOC)c(=O)c3c4c(sc32)CCCC4)cc1. The van der Waals surface area contributed by atoms with Crippen molar-refractivity contribution < 1.29 is 9.53 Å². The summed E-state index contributed by atoms with van der Waals surface area (Å²) >= 11 is 1.48. The number of aromatic nitrogens is 2. The van der Waals surface area contributed by atoms with E-state index in [1.807, 2.05) is 24.3 Å². The number of rotatable bonds is 7. The molecule has 1 aliphatic carbocycles. The Bertz CT molecular complexity index is 1220. The highest BCUT2D eigenvalue weighted by atomic mass is 32.1. The predicted octanol–water partition coefficient (Wildman–Crippen LogP) is 2.95. The molecule has 3 aromatic rings. The maximum atomic E-state index is 13.2. The Morgan fingerprint density at radius 1 is 1.13 bits per heavy atom. The van der Waals surface area contributed by atoms with Crippen molar-refractivity contribution in [3.63, 3.8) is 0 Å². The van der Waals surface area contributed by atoms with Gasteiger partial charge in [-0.25, -0.2) is 4.79 Å². The van der Waals surface area contributed by atoms with Crippen LogP contribution in [-0.2, 0) is 41.9 Å². The topological polar surface area (TPSA) is 82.3 Å². The normalized spacial score (nSPS) is 13.4. The van der Waals surface area contributed by atoms with Gasteiger partial charge in [-0.15, -0.1) is 11.3 Å². The number of amides is 1. The Balaban J connectivity index is 1.74. The van der Waals surface area contributed by atoms with E-state index in [1.165, 1.54) is 33.1 Å². The summed E-state index contributed by atoms with van der Waals surface area (Å²) in [5, 5.41) is 3.46. The monoisotopic (exact) mass is 441 g/mol. The first-order chi connectivity index (χ1) is 15.0. The molecule has 1 amide bonds. The number of aryl methyl sites for hydroxylation is 3. The van der Waals surface area contributed by atoms with Crippen LogP contribution in [0.3, 0.4) is 0 Å². The molecule has 0 saturated heterocycles. The van der Waals surface area contributed by atoms with Gasteiger partial charge in [0, 0.05) is 17.7 Å². The average Bonchev–Trinajstić information content (AvgIpc) is 3.17. The van der Waals surface area contributed by atoms with Gasteiger partial charge in [0.05, 0.1) is 18.5 Å². The zero-order valence-corrected chi connectivity index (χ0v) is 18.7. The van der Waals surface area contributed by atoms with E-state index in [0.717, 1.165) is 42.5 Å². The Hall–Kier alpha value is -2.71. The van der Waals surface area contributed by atoms with Crippen LogP contribution in [0, 0.1) is 0 Å². The molecule has 0 spiro atoms. The number of ether oxygens (including phenoxy) is 1. The molecule has 8 heteroatoms. The first-order valence-electron chi connectivity index (χ1n) is 10.7. The van der Waals surface area contributed by atoms with Crippen molar-refractivity contribution in [2.45, 2.75) is 52.1 Å². The van der Waals surface area contributed by atoms with Gasteiger partial charge in [-0.1, -0.05) is 19.1 Å². The van der Waals surface area contributed by atoms with Crippen LogP contribution in [0.25, 0.3) is 10.2 Å². The standard InChI is InChI=1S/C23H27N3O4S/c1-3-15-8-10-16(11-9-15)24-19(27)14-26-22-20(17-6-4-5-7-18(17)31-22)21(28)25(23(26)29)12-13-30-2/h8-11H,3-7,12-14H2,1-2H3,(H,24,27). The zero-order chi connectivity index (χ0) is 22.0. The van der Waals surface area contributed by atoms with E-state index in [0.29, 0.717) is 15.9 Å². The molecule has 0 radical (unpaired) electrons. The summed E-state index contributed by atoms with van der Waals surface area (Å²) in [5.74, 6) is -0.295. The summed E-state index contributed by atoms with van der Waals surface area (Å²) in [4.78, 5) is 40.9. The van der Waals surface area contributed by atoms with Crippen LogP contribution in [0.15, 0.2) is 33.9 Å². The molecule has 0 fully saturated rings. The van der Waals surface area contributed by atoms with Crippen LogP contribution >= 0.6 is 11.3 Å². The lowest BCUT2D eigenvalue weighted by atomic mass is 9.97. The molecule has 0 atom stereocenters. The third kappa shape index (κ3) is 4.22. The maximum Gasteiger partial charge on any atom is 0.332 e. The van der Waals surface area contributed by atoms with Gasteiger partial charge in [0.1, 0.15) is 11.4 Å². The highest BCUT2D eigenvalue weighted by molar-refractivity contribution is 7.18. The van der Waals surface area contributed by atoms with E-state index in [4.69, 9.17) is 4.74 Å². The number of thiophene rings is 1. The van der Waals surface area contributed by atoms with Gasteiger partial charge in [0.15, 0.2) is 0 Å². The summed E-state index contributed by atoms with van der Waals surface area (Å²) in [7, 11) is 1.53. The minimum Gasteiger partial charge on any atom is -0.383 e. The van der Waals surface area contributed by atoms with Crippen molar-refractivity contribution >= 4 is 33.1 Å². The quantitative estimate of drug-likeness (QED) is 0.611. The number of carbonyl (C=O) groups excluding carboxylic acids is 1. The summed E-state index contributed by atoms with van der Waals surface area (Å²) < 4.78 is 7.75. The molecule has 2 aromatic heterocycles. The molecule has 4 rings (SSSR count). The number of hydrogen-bond donors (Lipinski definition) is 1. The largest absolute Gasteiger partial charge is 0.383 e. The van der Waals surface area contributed by atoms with E-state index in [9.17, 15) is 14.4 Å². The summed E-state index contributed by atoms with van der Waals surface area (Å²) in [5.41, 5.74) is 2.18. The highest BCUT2D eigenvalue weighted by Crippen LogP contribution is 2.34. The fraction of sp³-hybridized carbons (Fsp3) is 0.435. The van der Waals surface area contributed by atoms with Crippen molar-refractivity contribution in [1.29, 1.82) is 0 Å². The van der Waals surface area contributed by atoms with Gasteiger partial charge < -0.3 is 10.1 Å². The molecule has 0 bridgehead atoms. The molecule has 164 valence electrons. The highest BCUT2D eigenvalue weighted by Gasteiger charge is 2.24. The Labute approximate surface area is 184 Å². The molecule has 0 aliphatic heterocycles. The number of nitrogens with one attached hydrogen (secondary N) is 1. The first-order valence-corrected chi connectivity index (χ1v) is 11.5. The Morgan fingerprint density at radius 2 is 1.87 bits per heavy atom. The summed E-state index contributed by atoms with van der Waals surface area (Å²) in [6.07, 6.45) is 4.78. The minimum absolute atomic E-state index is 0.141. The van der Waals surface area contributed by atoms with E-state index >= 15 is 0 Å². The molecule has 0 unspecified atom stereocenters. The number of methoxy groups -OCH3 is 1. The molecular weight excluding hydrogens is 414 g/mol. The average molecular weight is 442 g/mol. The van der Waals surface area contributed by atoms with Crippen molar-refractivity contribution in [3.8, 4) is 0 Å². The molecule has 0 saturated carbocycles. The molecule has 2 heterocycles. The van der Waals surface area contributed by atoms with Crippen LogP contribution in [0.4, 0.5) is 5.69 Å². The third-order valence-electron chi connectivity index (χ3n) is 5.79. The van der Waals surface area contributed by atoms with Crippen LogP contribution in [-0.4, -0.2) is 28.8 Å². The number of fused-ring (bicyclic) bond motifs is 3. The number of benzene rings is 1. The van der Waals surface area contributed by atoms with Crippen LogP contribution < -0.4 is 16.6 Å². The Kier molecular flexibility index (Phi) is 6.38. The lowest BCUT2D eigenvalue weighted by Crippen LogP contribution is -2.42. The number of hydrogen-bond acceptors (Lipinski definition) is 5. The van der Waals surface area contributed by atoms with Gasteiger partial charge in [0.25, 0.3) is 5.56 Å². The second-order valence-electron chi connectivity index (χ2n) is 7.81. The van der Waals surface area contributed by atoms with E-state index in [1.54, 1.807) is 0 Å². The van der Waals surface area contributed by atoms with Gasteiger partial charge in [-0.2, -0.15) is 0 Å². The van der Waals surface area contributed by atoms with E-state index in [-0.39, 0.29) is 31.2 Å². The van der Waals surface area contributed by atoms with E-state index < -0.39 is 5.69 Å². The fourth-order valence-electron chi connectivity index (χ4n) is 4.10. The van der Waals surface area contributed by atoms with Crippen molar-refractivity contribution in [2.75, 3.05) is 19.0 Å². The van der Waals surface area contributed by atoms with Crippen molar-refractivity contribution in [3.05, 3.63) is 61.1 Å². The first kappa shape index (κ1) is 21.5. The maximum absolute atomic E-state index is 13.2. The smallest absolute Gasteiger partial charge is 0.332 e. The van der Waals surface area contributed by atoms with E-state index in [2.05, 4.69) is 12.2 Å². The molecule has 1 aliphatic rings. The number of carbonyl (C=O) groups is 1. The molecule has 1 aromatic carbocycles. The molecule has 1 N–H and O–H groups in total. The second-order valence-corrected chi connectivity index (χ2v) is 8.89. The van der Waals surface area contributed by atoms with Gasteiger partial charge >= 0.3 is 5.69 Å². The molecule has 31 heavy (non-hydrogen) atoms. The van der Waals surface area contributed by atoms with Crippen LogP contribution in [0.1, 0.15) is 35.8 Å². The summed E-state index contributed by atoms with van der Waals surface area (Å²) in [6, 6.07) is 7.66. The Morgan fingerprint density at radius 3 is 2.58 bits per heavy atom. The lowest BCUT2D eigenvalue weighted by molar-refractivity contribution is -0.116. The summed E-state index contributed by atoms with van der Waals surface area (Å²) in [6.45, 7) is 2.35. The molecule has 7 nitrogen and oxygen atoms in total. The zero-order valence-electron chi connectivity index (χ0n) is 17.9. The predicted molar refractivity (Wildman–Crippen MR) is 123 cm³/mol. The van der Waals surface area contributed by atoms with Gasteiger partial charge in [-0.05, 0) is 55.4 Å². The number of nitrogens with zero attached hydrogens (tertiary/aromatic N) is 2. The van der Waals surface area contributed by atoms with Gasteiger partial charge in [-0.3, -0.25) is 18.7 Å².